The largest absolute Gasteiger partial charge is 0.387 e. The number of amides is 2. The minimum Gasteiger partial charge on any atom is -0.387 e. The second-order valence-corrected chi connectivity index (χ2v) is 8.06. The lowest BCUT2D eigenvalue weighted by Crippen LogP contribution is -2.18. The zero-order valence-corrected chi connectivity index (χ0v) is 14.1. The highest BCUT2D eigenvalue weighted by Gasteiger charge is 2.27. The van der Waals surface area contributed by atoms with Crippen LogP contribution in [0.1, 0.15) is 10.4 Å². The lowest BCUT2D eigenvalue weighted by atomic mass is 10.3. The summed E-state index contributed by atoms with van der Waals surface area (Å²) in [4.78, 5) is 22.2. The molecule has 0 unspecified atom stereocenters. The Kier molecular flexibility index (Phi) is 5.23. The van der Waals surface area contributed by atoms with Gasteiger partial charge in [-0.2, -0.15) is 0 Å². The van der Waals surface area contributed by atoms with Crippen LogP contribution in [0.4, 0.5) is 9.39 Å². The third-order valence-corrected chi connectivity index (χ3v) is 6.58. The number of carbonyl (C=O) groups is 2. The molecule has 2 amide bonds. The van der Waals surface area contributed by atoms with Crippen LogP contribution < -0.4 is 11.1 Å². The van der Waals surface area contributed by atoms with Gasteiger partial charge in [-0.1, -0.05) is 11.6 Å². The number of thiophene rings is 1. The van der Waals surface area contributed by atoms with E-state index in [0.717, 1.165) is 24.3 Å². The van der Waals surface area contributed by atoms with Gasteiger partial charge < -0.3 is 16.2 Å². The van der Waals surface area contributed by atoms with E-state index >= 15 is 0 Å². The molecular formula is C13H10ClFN2O5S2. The molecule has 2 rings (SSSR count). The summed E-state index contributed by atoms with van der Waals surface area (Å²) >= 11 is 6.35. The van der Waals surface area contributed by atoms with E-state index in [9.17, 15) is 22.4 Å². The minimum absolute atomic E-state index is 0.146. The van der Waals surface area contributed by atoms with Gasteiger partial charge in [-0.05, 0) is 24.3 Å². The summed E-state index contributed by atoms with van der Waals surface area (Å²) in [6.07, 6.45) is 0. The molecule has 0 aliphatic heterocycles. The molecular weight excluding hydrogens is 383 g/mol. The van der Waals surface area contributed by atoms with Crippen molar-refractivity contribution >= 4 is 49.6 Å². The van der Waals surface area contributed by atoms with Gasteiger partial charge in [0.15, 0.2) is 0 Å². The molecule has 0 fully saturated rings. The molecule has 0 aliphatic carbocycles. The van der Waals surface area contributed by atoms with E-state index in [1.165, 1.54) is 0 Å². The van der Waals surface area contributed by atoms with Gasteiger partial charge in [-0.3, -0.25) is 9.59 Å². The number of primary amides is 1. The summed E-state index contributed by atoms with van der Waals surface area (Å²) in [7, 11) is -4.24. The van der Waals surface area contributed by atoms with E-state index in [1.54, 1.807) is 0 Å². The Balaban J connectivity index is 2.59. The molecule has 0 atom stereocenters. The summed E-state index contributed by atoms with van der Waals surface area (Å²) in [6.45, 7) is -0.867. The average Bonchev–Trinajstić information content (AvgIpc) is 2.94. The molecule has 1 aromatic carbocycles. The maximum atomic E-state index is 13.3. The summed E-state index contributed by atoms with van der Waals surface area (Å²) in [5.74, 6) is -2.64. The van der Waals surface area contributed by atoms with Crippen LogP contribution in [0.25, 0.3) is 0 Å². The van der Waals surface area contributed by atoms with E-state index in [2.05, 4.69) is 5.32 Å². The van der Waals surface area contributed by atoms with Gasteiger partial charge in [-0.15, -0.1) is 11.3 Å². The fraction of sp³-hybridized carbons (Fsp3) is 0.0769. The van der Waals surface area contributed by atoms with Gasteiger partial charge in [0.25, 0.3) is 11.8 Å². The van der Waals surface area contributed by atoms with Crippen molar-refractivity contribution in [2.24, 2.45) is 5.73 Å². The highest BCUT2D eigenvalue weighted by Crippen LogP contribution is 2.36. The molecule has 0 saturated heterocycles. The molecule has 0 spiro atoms. The number of nitrogens with one attached hydrogen (secondary N) is 1. The number of anilines is 1. The molecule has 2 aromatic rings. The molecule has 4 N–H and O–H groups in total. The van der Waals surface area contributed by atoms with Crippen LogP contribution in [0.15, 0.2) is 33.4 Å². The summed E-state index contributed by atoms with van der Waals surface area (Å²) in [5, 5.41) is 10.6. The second kappa shape index (κ2) is 6.85. The highest BCUT2D eigenvalue weighted by molar-refractivity contribution is 7.93. The van der Waals surface area contributed by atoms with Crippen LogP contribution in [0.5, 0.6) is 0 Å². The van der Waals surface area contributed by atoms with Crippen molar-refractivity contribution in [1.29, 1.82) is 0 Å². The van der Waals surface area contributed by atoms with E-state index in [-0.39, 0.29) is 19.8 Å². The molecule has 11 heteroatoms. The lowest BCUT2D eigenvalue weighted by molar-refractivity contribution is -0.118. The Morgan fingerprint density at radius 2 is 2.00 bits per heavy atom. The quantitative estimate of drug-likeness (QED) is 0.708. The predicted octanol–water partition coefficient (Wildman–Crippen LogP) is 1.40. The number of benzene rings is 1. The zero-order valence-electron chi connectivity index (χ0n) is 11.7. The summed E-state index contributed by atoms with van der Waals surface area (Å²) in [6, 6.07) is 3.78. The Morgan fingerprint density at radius 1 is 1.33 bits per heavy atom. The highest BCUT2D eigenvalue weighted by atomic mass is 35.5. The monoisotopic (exact) mass is 392 g/mol. The molecule has 1 aromatic heterocycles. The predicted molar refractivity (Wildman–Crippen MR) is 85.4 cm³/mol. The van der Waals surface area contributed by atoms with Gasteiger partial charge in [-0.25, -0.2) is 12.8 Å². The van der Waals surface area contributed by atoms with Crippen LogP contribution in [0.2, 0.25) is 5.02 Å². The van der Waals surface area contributed by atoms with Crippen molar-refractivity contribution in [2.75, 3.05) is 11.9 Å². The van der Waals surface area contributed by atoms with Crippen molar-refractivity contribution in [3.8, 4) is 0 Å². The van der Waals surface area contributed by atoms with E-state index in [4.69, 9.17) is 22.4 Å². The fourth-order valence-corrected chi connectivity index (χ4v) is 5.01. The third-order valence-electron chi connectivity index (χ3n) is 2.82. The number of carbonyl (C=O) groups excluding carboxylic acids is 2. The number of aliphatic hydroxyl groups is 1. The van der Waals surface area contributed by atoms with Crippen LogP contribution in [0.3, 0.4) is 0 Å². The van der Waals surface area contributed by atoms with Gasteiger partial charge in [0.1, 0.15) is 21.6 Å². The first-order valence-electron chi connectivity index (χ1n) is 6.21. The smallest absolute Gasteiger partial charge is 0.251 e. The van der Waals surface area contributed by atoms with Crippen molar-refractivity contribution in [3.05, 3.63) is 40.7 Å². The summed E-state index contributed by atoms with van der Waals surface area (Å²) in [5.41, 5.74) is 4.90. The summed E-state index contributed by atoms with van der Waals surface area (Å²) < 4.78 is 38.2. The lowest BCUT2D eigenvalue weighted by Gasteiger charge is -2.04. The Labute approximate surface area is 144 Å². The molecule has 128 valence electrons. The van der Waals surface area contributed by atoms with Gasteiger partial charge >= 0.3 is 0 Å². The van der Waals surface area contributed by atoms with Crippen LogP contribution in [0, 0.1) is 5.82 Å². The van der Waals surface area contributed by atoms with Crippen LogP contribution in [-0.2, 0) is 14.6 Å². The molecule has 0 radical (unpaired) electrons. The zero-order chi connectivity index (χ0) is 18.1. The number of aliphatic hydroxyl groups excluding tert-OH is 1. The van der Waals surface area contributed by atoms with E-state index in [0.29, 0.717) is 11.3 Å². The topological polar surface area (TPSA) is 127 Å². The van der Waals surface area contributed by atoms with Crippen molar-refractivity contribution in [3.63, 3.8) is 0 Å². The molecule has 0 bridgehead atoms. The SMILES string of the molecule is NC(=O)c1cc(S(=O)(=O)c2cc(F)ccc2Cl)sc1NC(=O)CO. The second-order valence-electron chi connectivity index (χ2n) is 4.46. The van der Waals surface area contributed by atoms with Crippen LogP contribution in [-0.4, -0.2) is 31.9 Å². The number of hydrogen-bond acceptors (Lipinski definition) is 6. The Morgan fingerprint density at radius 3 is 2.58 bits per heavy atom. The first kappa shape index (κ1) is 18.3. The van der Waals surface area contributed by atoms with Gasteiger partial charge in [0, 0.05) is 0 Å². The molecule has 0 saturated carbocycles. The molecule has 1 heterocycles. The van der Waals surface area contributed by atoms with E-state index < -0.39 is 39.0 Å². The first-order chi connectivity index (χ1) is 11.2. The molecule has 0 aliphatic rings. The number of hydrogen-bond donors (Lipinski definition) is 3. The standard InChI is InChI=1S/C13H10ClFN2O5S2/c14-8-2-1-6(15)3-9(8)24(21,22)11-4-7(12(16)20)13(23-11)17-10(19)5-18/h1-4,18H,5H2,(H2,16,20)(H,17,19). The minimum atomic E-state index is -4.24. The fourth-order valence-electron chi connectivity index (χ4n) is 1.73. The Bertz CT molecular complexity index is 926. The maximum Gasteiger partial charge on any atom is 0.251 e. The van der Waals surface area contributed by atoms with Crippen molar-refractivity contribution < 1.29 is 27.5 Å². The number of sulfone groups is 1. The van der Waals surface area contributed by atoms with E-state index in [1.807, 2.05) is 0 Å². The normalized spacial score (nSPS) is 11.3. The molecule has 7 nitrogen and oxygen atoms in total. The molecule has 24 heavy (non-hydrogen) atoms. The number of rotatable bonds is 5. The van der Waals surface area contributed by atoms with Gasteiger partial charge in [0.2, 0.25) is 9.84 Å². The van der Waals surface area contributed by atoms with Crippen molar-refractivity contribution in [2.45, 2.75) is 9.10 Å². The number of halogens is 2. The Hall–Kier alpha value is -2.01. The number of nitrogens with two attached hydrogens (primary N) is 1. The average molecular weight is 393 g/mol. The van der Waals surface area contributed by atoms with Crippen molar-refractivity contribution in [1.82, 2.24) is 0 Å². The third kappa shape index (κ3) is 3.56. The first-order valence-corrected chi connectivity index (χ1v) is 8.89. The van der Waals surface area contributed by atoms with Crippen LogP contribution >= 0.6 is 22.9 Å². The maximum absolute atomic E-state index is 13.3. The van der Waals surface area contributed by atoms with Gasteiger partial charge in [0.05, 0.1) is 15.5 Å².